The molecule has 72 valence electrons. The van der Waals surface area contributed by atoms with Crippen LogP contribution in [0.3, 0.4) is 0 Å². The molecular formula is C12H24. The van der Waals surface area contributed by atoms with Gasteiger partial charge in [0, 0.05) is 0 Å². The third-order valence-corrected chi connectivity index (χ3v) is 3.20. The number of unbranched alkanes of at least 4 members (excludes halogenated alkanes) is 5. The summed E-state index contributed by atoms with van der Waals surface area (Å²) >= 11 is 0. The summed E-state index contributed by atoms with van der Waals surface area (Å²) in [5.41, 5.74) is 0. The van der Waals surface area contributed by atoms with Gasteiger partial charge in [0.15, 0.2) is 0 Å². The van der Waals surface area contributed by atoms with E-state index in [0.29, 0.717) is 0 Å². The zero-order valence-electron chi connectivity index (χ0n) is 8.81. The van der Waals surface area contributed by atoms with E-state index in [1.54, 1.807) is 0 Å². The fraction of sp³-hybridized carbons (Fsp3) is 1.00. The molecule has 0 bridgehead atoms. The van der Waals surface area contributed by atoms with Crippen LogP contribution in [-0.2, 0) is 0 Å². The van der Waals surface area contributed by atoms with Crippen molar-refractivity contribution in [1.82, 2.24) is 0 Å². The van der Waals surface area contributed by atoms with E-state index in [0.717, 1.165) is 11.8 Å². The van der Waals surface area contributed by atoms with Crippen LogP contribution in [0.5, 0.6) is 0 Å². The molecule has 0 aromatic heterocycles. The molecule has 0 aromatic carbocycles. The van der Waals surface area contributed by atoms with Gasteiger partial charge in [-0.1, -0.05) is 58.8 Å². The lowest BCUT2D eigenvalue weighted by Gasteiger charge is -1.99. The lowest BCUT2D eigenvalue weighted by molar-refractivity contribution is 0.555. The zero-order chi connectivity index (χ0) is 8.81. The van der Waals surface area contributed by atoms with E-state index in [1.807, 2.05) is 0 Å². The van der Waals surface area contributed by atoms with Crippen LogP contribution in [0.25, 0.3) is 0 Å². The second-order valence-electron chi connectivity index (χ2n) is 4.53. The second-order valence-corrected chi connectivity index (χ2v) is 4.53. The van der Waals surface area contributed by atoms with Crippen LogP contribution >= 0.6 is 0 Å². The fourth-order valence-corrected chi connectivity index (χ4v) is 1.99. The summed E-state index contributed by atoms with van der Waals surface area (Å²) in [6.45, 7) is 4.67. The summed E-state index contributed by atoms with van der Waals surface area (Å²) in [6, 6.07) is 0. The van der Waals surface area contributed by atoms with Crippen LogP contribution in [0, 0.1) is 11.8 Å². The fourth-order valence-electron chi connectivity index (χ4n) is 1.99. The first kappa shape index (κ1) is 10.1. The first-order chi connectivity index (χ1) is 5.84. The molecule has 0 heteroatoms. The summed E-state index contributed by atoms with van der Waals surface area (Å²) in [7, 11) is 0. The molecule has 1 aliphatic rings. The van der Waals surface area contributed by atoms with Crippen molar-refractivity contribution in [3.8, 4) is 0 Å². The van der Waals surface area contributed by atoms with Gasteiger partial charge in [-0.2, -0.15) is 0 Å². The molecule has 1 saturated carbocycles. The predicted octanol–water partition coefficient (Wildman–Crippen LogP) is 4.39. The molecule has 0 radical (unpaired) electrons. The summed E-state index contributed by atoms with van der Waals surface area (Å²) < 4.78 is 0. The highest BCUT2D eigenvalue weighted by molar-refractivity contribution is 4.81. The lowest BCUT2D eigenvalue weighted by atomic mass is 10.1. The molecule has 0 aromatic rings. The molecule has 0 nitrogen and oxygen atoms in total. The highest BCUT2D eigenvalue weighted by atomic mass is 14.4. The minimum atomic E-state index is 1.07. The minimum Gasteiger partial charge on any atom is -0.0654 e. The normalized spacial score (nSPS) is 27.5. The Kier molecular flexibility index (Phi) is 4.72. The van der Waals surface area contributed by atoms with E-state index in [4.69, 9.17) is 0 Å². The van der Waals surface area contributed by atoms with Crippen LogP contribution < -0.4 is 0 Å². The van der Waals surface area contributed by atoms with E-state index in [1.165, 1.54) is 51.4 Å². The molecule has 0 N–H and O–H groups in total. The topological polar surface area (TPSA) is 0 Å². The van der Waals surface area contributed by atoms with Crippen molar-refractivity contribution in [1.29, 1.82) is 0 Å². The van der Waals surface area contributed by atoms with Crippen LogP contribution in [-0.4, -0.2) is 0 Å². The molecule has 1 aliphatic carbocycles. The molecule has 12 heavy (non-hydrogen) atoms. The highest BCUT2D eigenvalue weighted by Gasteiger charge is 2.31. The molecular weight excluding hydrogens is 144 g/mol. The van der Waals surface area contributed by atoms with E-state index >= 15 is 0 Å². The maximum Gasteiger partial charge on any atom is -0.0386 e. The Balaban J connectivity index is 1.72. The Morgan fingerprint density at radius 3 is 2.17 bits per heavy atom. The van der Waals surface area contributed by atoms with Crippen molar-refractivity contribution in [2.75, 3.05) is 0 Å². The average molecular weight is 168 g/mol. The maximum absolute atomic E-state index is 2.39. The first-order valence-electron chi connectivity index (χ1n) is 5.84. The molecule has 1 fully saturated rings. The van der Waals surface area contributed by atoms with E-state index < -0.39 is 0 Å². The first-order valence-corrected chi connectivity index (χ1v) is 5.84. The Labute approximate surface area is 77.7 Å². The van der Waals surface area contributed by atoms with Gasteiger partial charge in [0.05, 0.1) is 0 Å². The number of hydrogen-bond acceptors (Lipinski definition) is 0. The Hall–Kier alpha value is 0. The van der Waals surface area contributed by atoms with Crippen molar-refractivity contribution >= 4 is 0 Å². The molecule has 0 spiro atoms. The Morgan fingerprint density at radius 2 is 1.58 bits per heavy atom. The average Bonchev–Trinajstić information content (AvgIpc) is 2.74. The summed E-state index contributed by atoms with van der Waals surface area (Å²) in [5, 5.41) is 0. The van der Waals surface area contributed by atoms with Gasteiger partial charge in [-0.15, -0.1) is 0 Å². The third kappa shape index (κ3) is 4.13. The van der Waals surface area contributed by atoms with Crippen LogP contribution in [0.2, 0.25) is 0 Å². The minimum absolute atomic E-state index is 1.07. The monoisotopic (exact) mass is 168 g/mol. The van der Waals surface area contributed by atoms with Gasteiger partial charge in [0.2, 0.25) is 0 Å². The van der Waals surface area contributed by atoms with Gasteiger partial charge in [0.25, 0.3) is 0 Å². The molecule has 1 rings (SSSR count). The smallest absolute Gasteiger partial charge is 0.0386 e. The molecule has 0 aliphatic heterocycles. The number of rotatable bonds is 7. The van der Waals surface area contributed by atoms with E-state index in [9.17, 15) is 0 Å². The van der Waals surface area contributed by atoms with Crippen molar-refractivity contribution < 1.29 is 0 Å². The van der Waals surface area contributed by atoms with Gasteiger partial charge in [-0.05, 0) is 18.3 Å². The summed E-state index contributed by atoms with van der Waals surface area (Å²) in [6.07, 6.45) is 11.8. The van der Waals surface area contributed by atoms with Crippen molar-refractivity contribution in [3.63, 3.8) is 0 Å². The van der Waals surface area contributed by atoms with E-state index in [-0.39, 0.29) is 0 Å². The predicted molar refractivity (Wildman–Crippen MR) is 55.3 cm³/mol. The van der Waals surface area contributed by atoms with E-state index in [2.05, 4.69) is 13.8 Å². The molecule has 0 amide bonds. The summed E-state index contributed by atoms with van der Waals surface area (Å²) in [5.74, 6) is 2.19. The molecule has 2 atom stereocenters. The van der Waals surface area contributed by atoms with Gasteiger partial charge in [0.1, 0.15) is 0 Å². The van der Waals surface area contributed by atoms with Crippen LogP contribution in [0.15, 0.2) is 0 Å². The van der Waals surface area contributed by atoms with Crippen molar-refractivity contribution in [2.24, 2.45) is 11.8 Å². The largest absolute Gasteiger partial charge is 0.0654 e. The highest BCUT2D eigenvalue weighted by Crippen LogP contribution is 2.41. The summed E-state index contributed by atoms with van der Waals surface area (Å²) in [4.78, 5) is 0. The second kappa shape index (κ2) is 5.61. The van der Waals surface area contributed by atoms with Gasteiger partial charge < -0.3 is 0 Å². The van der Waals surface area contributed by atoms with Crippen LogP contribution in [0.1, 0.15) is 65.2 Å². The maximum atomic E-state index is 2.39. The van der Waals surface area contributed by atoms with Gasteiger partial charge in [-0.3, -0.25) is 0 Å². The van der Waals surface area contributed by atoms with Crippen molar-refractivity contribution in [3.05, 3.63) is 0 Å². The van der Waals surface area contributed by atoms with Gasteiger partial charge in [-0.25, -0.2) is 0 Å². The molecule has 2 unspecified atom stereocenters. The lowest BCUT2D eigenvalue weighted by Crippen LogP contribution is -1.82. The van der Waals surface area contributed by atoms with Crippen LogP contribution in [0.4, 0.5) is 0 Å². The Morgan fingerprint density at radius 1 is 1.00 bits per heavy atom. The number of hydrogen-bond donors (Lipinski definition) is 0. The van der Waals surface area contributed by atoms with Crippen molar-refractivity contribution in [2.45, 2.75) is 65.2 Å². The van der Waals surface area contributed by atoms with Gasteiger partial charge >= 0.3 is 0 Å². The standard InChI is InChI=1S/C12H24/c1-3-4-5-6-7-8-9-12-10-11(12)2/h11-12H,3-10H2,1-2H3. The third-order valence-electron chi connectivity index (χ3n) is 3.20. The zero-order valence-corrected chi connectivity index (χ0v) is 8.81. The molecule has 0 heterocycles. The SMILES string of the molecule is CCCCCCCCC1CC1C. The molecule has 0 saturated heterocycles. The Bertz CT molecular complexity index is 107. The quantitative estimate of drug-likeness (QED) is 0.494.